The molecular formula is C11H17N3O3S. The van der Waals surface area contributed by atoms with Crippen molar-refractivity contribution in [2.75, 3.05) is 12.8 Å². The lowest BCUT2D eigenvalue weighted by molar-refractivity contribution is -0.121. The first-order valence-corrected chi connectivity index (χ1v) is 7.41. The number of pyridine rings is 1. The van der Waals surface area contributed by atoms with E-state index < -0.39 is 10.0 Å². The Labute approximate surface area is 107 Å². The molecule has 1 rings (SSSR count). The summed E-state index contributed by atoms with van der Waals surface area (Å²) in [6, 6.07) is 3.51. The highest BCUT2D eigenvalue weighted by Crippen LogP contribution is 2.09. The summed E-state index contributed by atoms with van der Waals surface area (Å²) in [7, 11) is -3.24. The molecule has 6 nitrogen and oxygen atoms in total. The van der Waals surface area contributed by atoms with Crippen LogP contribution in [-0.4, -0.2) is 32.1 Å². The first kappa shape index (κ1) is 14.6. The summed E-state index contributed by atoms with van der Waals surface area (Å²) < 4.78 is 23.9. The smallest absolute Gasteiger partial charge is 0.221 e. The summed E-state index contributed by atoms with van der Waals surface area (Å²) in [5.74, 6) is -0.206. The summed E-state index contributed by atoms with van der Waals surface area (Å²) in [5.41, 5.74) is 0.905. The lowest BCUT2D eigenvalue weighted by Gasteiger charge is -2.13. The summed E-state index contributed by atoms with van der Waals surface area (Å²) in [5, 5.41) is 2.77. The zero-order valence-corrected chi connectivity index (χ0v) is 11.2. The van der Waals surface area contributed by atoms with Crippen LogP contribution < -0.4 is 10.0 Å². The zero-order chi connectivity index (χ0) is 13.6. The van der Waals surface area contributed by atoms with Crippen molar-refractivity contribution in [1.82, 2.24) is 15.0 Å². The van der Waals surface area contributed by atoms with Gasteiger partial charge in [-0.25, -0.2) is 13.1 Å². The van der Waals surface area contributed by atoms with Gasteiger partial charge in [0.1, 0.15) is 0 Å². The molecule has 0 aliphatic heterocycles. The van der Waals surface area contributed by atoms with Crippen LogP contribution in [0.15, 0.2) is 24.5 Å². The van der Waals surface area contributed by atoms with Crippen molar-refractivity contribution in [1.29, 1.82) is 0 Å². The second-order valence-electron chi connectivity index (χ2n) is 3.99. The molecule has 1 aromatic rings. The molecule has 0 fully saturated rings. The number of sulfonamides is 1. The molecule has 0 aliphatic rings. The van der Waals surface area contributed by atoms with Crippen LogP contribution in [0.4, 0.5) is 0 Å². The lowest BCUT2D eigenvalue weighted by atomic mass is 10.1. The largest absolute Gasteiger partial charge is 0.349 e. The molecule has 0 spiro atoms. The molecule has 0 bridgehead atoms. The molecule has 0 aromatic carbocycles. The van der Waals surface area contributed by atoms with E-state index in [0.717, 1.165) is 11.8 Å². The normalized spacial score (nSPS) is 13.0. The van der Waals surface area contributed by atoms with Crippen LogP contribution in [0.3, 0.4) is 0 Å². The van der Waals surface area contributed by atoms with Gasteiger partial charge in [0.25, 0.3) is 0 Å². The van der Waals surface area contributed by atoms with Crippen molar-refractivity contribution in [3.05, 3.63) is 30.1 Å². The molecule has 2 N–H and O–H groups in total. The van der Waals surface area contributed by atoms with Gasteiger partial charge in [0.05, 0.1) is 12.3 Å². The molecule has 1 amide bonds. The van der Waals surface area contributed by atoms with Gasteiger partial charge >= 0.3 is 0 Å². The van der Waals surface area contributed by atoms with Crippen LogP contribution in [0.25, 0.3) is 0 Å². The minimum Gasteiger partial charge on any atom is -0.349 e. The fourth-order valence-electron chi connectivity index (χ4n) is 1.38. The molecule has 1 aromatic heterocycles. The topological polar surface area (TPSA) is 88.2 Å². The highest BCUT2D eigenvalue weighted by Gasteiger charge is 2.10. The number of aromatic nitrogens is 1. The Morgan fingerprint density at radius 3 is 2.78 bits per heavy atom. The maximum Gasteiger partial charge on any atom is 0.221 e. The molecule has 1 unspecified atom stereocenters. The number of hydrogen-bond donors (Lipinski definition) is 2. The Morgan fingerprint density at radius 2 is 2.22 bits per heavy atom. The molecule has 0 aliphatic carbocycles. The van der Waals surface area contributed by atoms with Gasteiger partial charge in [0.2, 0.25) is 15.9 Å². The summed E-state index contributed by atoms with van der Waals surface area (Å²) >= 11 is 0. The predicted molar refractivity (Wildman–Crippen MR) is 68.3 cm³/mol. The quantitative estimate of drug-likeness (QED) is 0.773. The van der Waals surface area contributed by atoms with E-state index in [-0.39, 0.29) is 24.9 Å². The van der Waals surface area contributed by atoms with Gasteiger partial charge in [-0.05, 0) is 18.6 Å². The van der Waals surface area contributed by atoms with Crippen LogP contribution in [0.5, 0.6) is 0 Å². The number of amides is 1. The Balaban J connectivity index is 2.37. The second kappa shape index (κ2) is 6.46. The van der Waals surface area contributed by atoms with E-state index in [9.17, 15) is 13.2 Å². The summed E-state index contributed by atoms with van der Waals surface area (Å²) in [6.45, 7) is 1.95. The number of hydrogen-bond acceptors (Lipinski definition) is 4. The van der Waals surface area contributed by atoms with Crippen LogP contribution in [0, 0.1) is 0 Å². The van der Waals surface area contributed by atoms with Crippen LogP contribution >= 0.6 is 0 Å². The fraction of sp³-hybridized carbons (Fsp3) is 0.455. The van der Waals surface area contributed by atoms with Gasteiger partial charge in [-0.15, -0.1) is 0 Å². The van der Waals surface area contributed by atoms with E-state index in [2.05, 4.69) is 15.0 Å². The molecule has 1 heterocycles. The molecule has 7 heteroatoms. The van der Waals surface area contributed by atoms with Crippen molar-refractivity contribution in [2.45, 2.75) is 19.4 Å². The molecule has 0 saturated carbocycles. The monoisotopic (exact) mass is 271 g/mol. The van der Waals surface area contributed by atoms with E-state index in [1.165, 1.54) is 0 Å². The van der Waals surface area contributed by atoms with E-state index >= 15 is 0 Å². The number of nitrogens with one attached hydrogen (secondary N) is 2. The number of carbonyl (C=O) groups is 1. The highest BCUT2D eigenvalue weighted by molar-refractivity contribution is 7.88. The highest BCUT2D eigenvalue weighted by atomic mass is 32.2. The van der Waals surface area contributed by atoms with Gasteiger partial charge in [-0.2, -0.15) is 0 Å². The third-order valence-corrected chi connectivity index (χ3v) is 3.01. The Kier molecular flexibility index (Phi) is 5.24. The summed E-state index contributed by atoms with van der Waals surface area (Å²) in [6.07, 6.45) is 4.51. The van der Waals surface area contributed by atoms with Gasteiger partial charge < -0.3 is 5.32 Å². The van der Waals surface area contributed by atoms with Gasteiger partial charge in [-0.3, -0.25) is 9.78 Å². The van der Waals surface area contributed by atoms with Crippen molar-refractivity contribution in [3.63, 3.8) is 0 Å². The van der Waals surface area contributed by atoms with Crippen molar-refractivity contribution < 1.29 is 13.2 Å². The Bertz CT molecular complexity index is 488. The first-order valence-electron chi connectivity index (χ1n) is 5.52. The van der Waals surface area contributed by atoms with E-state index in [0.29, 0.717) is 0 Å². The SMILES string of the molecule is CC(NC(=O)CCNS(C)(=O)=O)c1cccnc1. The molecule has 0 saturated heterocycles. The van der Waals surface area contributed by atoms with E-state index in [4.69, 9.17) is 0 Å². The maximum absolute atomic E-state index is 11.5. The van der Waals surface area contributed by atoms with Crippen molar-refractivity contribution >= 4 is 15.9 Å². The third kappa shape index (κ3) is 5.74. The third-order valence-electron chi connectivity index (χ3n) is 2.28. The second-order valence-corrected chi connectivity index (χ2v) is 5.83. The van der Waals surface area contributed by atoms with Gasteiger partial charge in [-0.1, -0.05) is 6.07 Å². The number of rotatable bonds is 6. The van der Waals surface area contributed by atoms with Crippen molar-refractivity contribution in [2.24, 2.45) is 0 Å². The number of carbonyl (C=O) groups excluding carboxylic acids is 1. The predicted octanol–water partition coefficient (Wildman–Crippen LogP) is 0.198. The van der Waals surface area contributed by atoms with Crippen LogP contribution in [0.2, 0.25) is 0 Å². The van der Waals surface area contributed by atoms with Gasteiger partial charge in [0.15, 0.2) is 0 Å². The Morgan fingerprint density at radius 1 is 1.50 bits per heavy atom. The van der Waals surface area contributed by atoms with E-state index in [1.807, 2.05) is 13.0 Å². The van der Waals surface area contributed by atoms with Crippen molar-refractivity contribution in [3.8, 4) is 0 Å². The molecular weight excluding hydrogens is 254 g/mol. The maximum atomic E-state index is 11.5. The molecule has 0 radical (unpaired) electrons. The fourth-order valence-corrected chi connectivity index (χ4v) is 1.85. The lowest BCUT2D eigenvalue weighted by Crippen LogP contribution is -2.31. The minimum absolute atomic E-state index is 0.102. The summed E-state index contributed by atoms with van der Waals surface area (Å²) in [4.78, 5) is 15.5. The average molecular weight is 271 g/mol. The zero-order valence-electron chi connectivity index (χ0n) is 10.4. The molecule has 1 atom stereocenters. The molecule has 100 valence electrons. The minimum atomic E-state index is -3.24. The Hall–Kier alpha value is -1.47. The number of nitrogens with zero attached hydrogens (tertiary/aromatic N) is 1. The van der Waals surface area contributed by atoms with Crippen LogP contribution in [0.1, 0.15) is 24.9 Å². The standard InChI is InChI=1S/C11H17N3O3S/c1-9(10-4-3-6-12-8-10)14-11(15)5-7-13-18(2,16)17/h3-4,6,8-9,13H,5,7H2,1-2H3,(H,14,15). The first-order chi connectivity index (χ1) is 8.38. The molecule has 18 heavy (non-hydrogen) atoms. The van der Waals surface area contributed by atoms with Gasteiger partial charge in [0, 0.05) is 25.4 Å². The average Bonchev–Trinajstić information content (AvgIpc) is 2.28. The van der Waals surface area contributed by atoms with E-state index in [1.54, 1.807) is 18.5 Å². The van der Waals surface area contributed by atoms with Crippen LogP contribution in [-0.2, 0) is 14.8 Å².